The van der Waals surface area contributed by atoms with E-state index in [2.05, 4.69) is 4.98 Å². The Morgan fingerprint density at radius 2 is 2.09 bits per heavy atom. The molecule has 2 aromatic carbocycles. The lowest BCUT2D eigenvalue weighted by Crippen LogP contribution is -2.01. The minimum atomic E-state index is -0.429. The maximum absolute atomic E-state index is 11.0. The van der Waals surface area contributed by atoms with Crippen molar-refractivity contribution in [1.82, 2.24) is 9.55 Å². The third kappa shape index (κ3) is 2.63. The minimum Gasteiger partial charge on any atom is -0.487 e. The van der Waals surface area contributed by atoms with Gasteiger partial charge in [-0.15, -0.1) is 0 Å². The normalized spacial score (nSPS) is 10.8. The molecule has 0 amide bonds. The lowest BCUT2D eigenvalue weighted by molar-refractivity contribution is -0.385. The highest BCUT2D eigenvalue weighted by Crippen LogP contribution is 2.28. The number of imidazole rings is 1. The van der Waals surface area contributed by atoms with Crippen molar-refractivity contribution in [3.8, 4) is 5.75 Å². The van der Waals surface area contributed by atoms with Crippen molar-refractivity contribution in [3.63, 3.8) is 0 Å². The fourth-order valence-electron chi connectivity index (χ4n) is 2.41. The van der Waals surface area contributed by atoms with Crippen LogP contribution in [0.2, 0.25) is 0 Å². The highest BCUT2D eigenvalue weighted by molar-refractivity contribution is 5.75. The van der Waals surface area contributed by atoms with E-state index in [4.69, 9.17) is 4.74 Å². The van der Waals surface area contributed by atoms with Crippen LogP contribution >= 0.6 is 0 Å². The van der Waals surface area contributed by atoms with Gasteiger partial charge in [-0.3, -0.25) is 10.1 Å². The summed E-state index contributed by atoms with van der Waals surface area (Å²) in [4.78, 5) is 14.9. The number of ether oxygens (including phenoxy) is 1. The molecule has 0 N–H and O–H groups in total. The molecule has 22 heavy (non-hydrogen) atoms. The van der Waals surface area contributed by atoms with Crippen LogP contribution < -0.4 is 4.74 Å². The number of benzene rings is 2. The molecule has 0 fully saturated rings. The average molecular weight is 297 g/mol. The number of rotatable bonds is 5. The Morgan fingerprint density at radius 1 is 1.27 bits per heavy atom. The van der Waals surface area contributed by atoms with Gasteiger partial charge in [-0.2, -0.15) is 0 Å². The van der Waals surface area contributed by atoms with Crippen LogP contribution in [0, 0.1) is 10.1 Å². The number of nitrogens with zero attached hydrogens (tertiary/aromatic N) is 3. The highest BCUT2D eigenvalue weighted by Gasteiger charge is 2.15. The average Bonchev–Trinajstić information content (AvgIpc) is 2.91. The van der Waals surface area contributed by atoms with E-state index >= 15 is 0 Å². The first kappa shape index (κ1) is 14.1. The molecule has 1 heterocycles. The summed E-state index contributed by atoms with van der Waals surface area (Å²) in [5.74, 6) is 0.300. The van der Waals surface area contributed by atoms with Gasteiger partial charge in [0.25, 0.3) is 0 Å². The molecule has 0 aliphatic rings. The second-order valence-electron chi connectivity index (χ2n) is 4.85. The largest absolute Gasteiger partial charge is 0.487 e. The van der Waals surface area contributed by atoms with Gasteiger partial charge in [0.15, 0.2) is 5.75 Å². The third-order valence-corrected chi connectivity index (χ3v) is 3.40. The van der Waals surface area contributed by atoms with E-state index < -0.39 is 4.92 Å². The topological polar surface area (TPSA) is 70.2 Å². The molecule has 0 bridgehead atoms. The van der Waals surface area contributed by atoms with Gasteiger partial charge in [-0.1, -0.05) is 18.2 Å². The first-order chi connectivity index (χ1) is 10.7. The fraction of sp³-hybridized carbons (Fsp3) is 0.188. The summed E-state index contributed by atoms with van der Waals surface area (Å²) in [5, 5.41) is 11.0. The van der Waals surface area contributed by atoms with Crippen molar-refractivity contribution in [1.29, 1.82) is 0 Å². The van der Waals surface area contributed by atoms with Gasteiger partial charge in [0.05, 0.1) is 28.9 Å². The van der Waals surface area contributed by atoms with Crippen LogP contribution in [0.3, 0.4) is 0 Å². The first-order valence-corrected chi connectivity index (χ1v) is 6.99. The predicted octanol–water partition coefficient (Wildman–Crippen LogP) is 3.39. The van der Waals surface area contributed by atoms with Crippen molar-refractivity contribution in [2.45, 2.75) is 13.5 Å². The number of fused-ring (bicyclic) bond motifs is 1. The molecule has 1 aromatic heterocycles. The summed E-state index contributed by atoms with van der Waals surface area (Å²) >= 11 is 0. The van der Waals surface area contributed by atoms with Crippen molar-refractivity contribution in [3.05, 3.63) is 64.5 Å². The molecular formula is C16H15N3O3. The second kappa shape index (κ2) is 5.85. The number of hydrogen-bond acceptors (Lipinski definition) is 4. The monoisotopic (exact) mass is 297 g/mol. The molecule has 0 atom stereocenters. The zero-order valence-electron chi connectivity index (χ0n) is 12.1. The summed E-state index contributed by atoms with van der Waals surface area (Å²) in [7, 11) is 0. The predicted molar refractivity (Wildman–Crippen MR) is 83.1 cm³/mol. The smallest absolute Gasteiger partial charge is 0.310 e. The number of nitro groups is 1. The van der Waals surface area contributed by atoms with Gasteiger partial charge in [-0.25, -0.2) is 4.98 Å². The Bertz CT molecular complexity index is 826. The van der Waals surface area contributed by atoms with Crippen LogP contribution in [-0.4, -0.2) is 21.1 Å². The van der Waals surface area contributed by atoms with Crippen molar-refractivity contribution in [2.75, 3.05) is 6.61 Å². The lowest BCUT2D eigenvalue weighted by atomic mass is 10.2. The molecule has 0 spiro atoms. The second-order valence-corrected chi connectivity index (χ2v) is 4.85. The molecule has 0 aliphatic carbocycles. The van der Waals surface area contributed by atoms with Crippen LogP contribution in [0.15, 0.2) is 48.8 Å². The molecule has 6 heteroatoms. The first-order valence-electron chi connectivity index (χ1n) is 6.99. The Labute approximate surface area is 127 Å². The lowest BCUT2D eigenvalue weighted by Gasteiger charge is -2.08. The summed E-state index contributed by atoms with van der Waals surface area (Å²) in [5.41, 5.74) is 2.87. The molecule has 3 rings (SSSR count). The zero-order chi connectivity index (χ0) is 15.5. The van der Waals surface area contributed by atoms with Gasteiger partial charge < -0.3 is 9.30 Å². The molecule has 3 aromatic rings. The van der Waals surface area contributed by atoms with Gasteiger partial charge in [0.1, 0.15) is 0 Å². The molecule has 112 valence electrons. The van der Waals surface area contributed by atoms with Gasteiger partial charge in [0.2, 0.25) is 0 Å². The maximum atomic E-state index is 11.0. The highest BCUT2D eigenvalue weighted by atomic mass is 16.6. The molecular weight excluding hydrogens is 282 g/mol. The standard InChI is InChI=1S/C16H15N3O3/c1-2-22-16-9-12(7-8-15(16)19(20)21)10-18-11-17-13-5-3-4-6-14(13)18/h3-9,11H,2,10H2,1H3. The fourth-order valence-corrected chi connectivity index (χ4v) is 2.41. The number of aromatic nitrogens is 2. The van der Waals surface area contributed by atoms with Crippen molar-refractivity contribution in [2.24, 2.45) is 0 Å². The quantitative estimate of drug-likeness (QED) is 0.534. The van der Waals surface area contributed by atoms with E-state index in [1.54, 1.807) is 25.4 Å². The Hall–Kier alpha value is -2.89. The Kier molecular flexibility index (Phi) is 3.74. The van der Waals surface area contributed by atoms with Crippen LogP contribution in [0.25, 0.3) is 11.0 Å². The van der Waals surface area contributed by atoms with Gasteiger partial charge >= 0.3 is 5.69 Å². The Morgan fingerprint density at radius 3 is 2.86 bits per heavy atom. The minimum absolute atomic E-state index is 0.0129. The van der Waals surface area contributed by atoms with Crippen LogP contribution in [0.5, 0.6) is 5.75 Å². The summed E-state index contributed by atoms with van der Waals surface area (Å²) in [6, 6.07) is 12.8. The maximum Gasteiger partial charge on any atom is 0.310 e. The van der Waals surface area contributed by atoms with Gasteiger partial charge in [0, 0.05) is 12.6 Å². The van der Waals surface area contributed by atoms with Crippen LogP contribution in [-0.2, 0) is 6.54 Å². The van der Waals surface area contributed by atoms with Gasteiger partial charge in [-0.05, 0) is 30.7 Å². The van der Waals surface area contributed by atoms with E-state index in [9.17, 15) is 10.1 Å². The molecule has 0 aliphatic heterocycles. The zero-order valence-corrected chi connectivity index (χ0v) is 12.1. The molecule has 0 saturated carbocycles. The molecule has 0 unspecified atom stereocenters. The van der Waals surface area contributed by atoms with E-state index in [-0.39, 0.29) is 5.69 Å². The van der Waals surface area contributed by atoms with E-state index in [0.29, 0.717) is 18.9 Å². The third-order valence-electron chi connectivity index (χ3n) is 3.40. The molecule has 0 radical (unpaired) electrons. The van der Waals surface area contributed by atoms with Crippen molar-refractivity contribution < 1.29 is 9.66 Å². The van der Waals surface area contributed by atoms with E-state index in [1.807, 2.05) is 28.8 Å². The number of nitro benzene ring substituents is 1. The van der Waals surface area contributed by atoms with Crippen LogP contribution in [0.4, 0.5) is 5.69 Å². The van der Waals surface area contributed by atoms with E-state index in [1.165, 1.54) is 6.07 Å². The van der Waals surface area contributed by atoms with Crippen LogP contribution in [0.1, 0.15) is 12.5 Å². The molecule has 6 nitrogen and oxygen atoms in total. The van der Waals surface area contributed by atoms with E-state index in [0.717, 1.165) is 16.6 Å². The summed E-state index contributed by atoms with van der Waals surface area (Å²) in [6.07, 6.45) is 1.77. The summed E-state index contributed by atoms with van der Waals surface area (Å²) in [6.45, 7) is 2.77. The molecule has 0 saturated heterocycles. The Balaban J connectivity index is 1.95. The number of para-hydroxylation sites is 2. The SMILES string of the molecule is CCOc1cc(Cn2cnc3ccccc32)ccc1[N+](=O)[O-]. The van der Waals surface area contributed by atoms with Crippen molar-refractivity contribution >= 4 is 16.7 Å². The number of hydrogen-bond donors (Lipinski definition) is 0. The summed E-state index contributed by atoms with van der Waals surface area (Å²) < 4.78 is 7.39.